The summed E-state index contributed by atoms with van der Waals surface area (Å²) in [5.74, 6) is 0.963. The van der Waals surface area contributed by atoms with E-state index in [0.29, 0.717) is 17.1 Å². The van der Waals surface area contributed by atoms with Gasteiger partial charge in [0.25, 0.3) is 10.0 Å². The van der Waals surface area contributed by atoms with Crippen LogP contribution in [0.1, 0.15) is 17.0 Å². The van der Waals surface area contributed by atoms with Crippen molar-refractivity contribution in [3.63, 3.8) is 0 Å². The number of benzene rings is 1. The van der Waals surface area contributed by atoms with Crippen molar-refractivity contribution < 1.29 is 17.7 Å². The number of aryl methyl sites for hydroxylation is 3. The van der Waals surface area contributed by atoms with Gasteiger partial charge in [0, 0.05) is 5.69 Å². The predicted molar refractivity (Wildman–Crippen MR) is 74.5 cm³/mol. The molecular weight excluding hydrogens is 280 g/mol. The minimum atomic E-state index is -3.71. The number of nitrogens with zero attached hydrogens (tertiary/aromatic N) is 1. The van der Waals surface area contributed by atoms with Crippen molar-refractivity contribution in [3.05, 3.63) is 35.2 Å². The second-order valence-corrected chi connectivity index (χ2v) is 6.06. The maximum Gasteiger partial charge on any atom is 0.267 e. The van der Waals surface area contributed by atoms with Gasteiger partial charge in [-0.1, -0.05) is 5.16 Å². The van der Waals surface area contributed by atoms with Crippen molar-refractivity contribution in [1.82, 2.24) is 5.16 Å². The molecule has 0 atom stereocenters. The van der Waals surface area contributed by atoms with Gasteiger partial charge in [-0.05, 0) is 44.5 Å². The first kappa shape index (κ1) is 14.4. The Kier molecular flexibility index (Phi) is 3.71. The van der Waals surface area contributed by atoms with Gasteiger partial charge in [-0.15, -0.1) is 0 Å². The normalized spacial score (nSPS) is 11.4. The quantitative estimate of drug-likeness (QED) is 0.937. The van der Waals surface area contributed by atoms with Gasteiger partial charge in [0.05, 0.1) is 7.11 Å². The van der Waals surface area contributed by atoms with E-state index in [4.69, 9.17) is 9.26 Å². The van der Waals surface area contributed by atoms with E-state index in [9.17, 15) is 8.42 Å². The Morgan fingerprint density at radius 3 is 2.45 bits per heavy atom. The standard InChI is InChI=1S/C13H16N2O4S/c1-8-7-11(5-6-12(8)18-4)15-20(16,17)13-9(2)14-19-10(13)3/h5-7,15H,1-4H3. The van der Waals surface area contributed by atoms with Crippen LogP contribution >= 0.6 is 0 Å². The molecule has 0 saturated carbocycles. The number of sulfonamides is 1. The molecule has 0 unspecified atom stereocenters. The lowest BCUT2D eigenvalue weighted by atomic mass is 10.2. The first-order chi connectivity index (χ1) is 9.35. The molecule has 0 amide bonds. The van der Waals surface area contributed by atoms with E-state index in [1.54, 1.807) is 39.2 Å². The summed E-state index contributed by atoms with van der Waals surface area (Å²) in [5, 5.41) is 3.65. The lowest BCUT2D eigenvalue weighted by Crippen LogP contribution is -2.14. The summed E-state index contributed by atoms with van der Waals surface area (Å²) >= 11 is 0. The number of methoxy groups -OCH3 is 1. The molecule has 1 aromatic carbocycles. The molecule has 0 saturated heterocycles. The molecule has 1 N–H and O–H groups in total. The minimum absolute atomic E-state index is 0.0750. The monoisotopic (exact) mass is 296 g/mol. The zero-order valence-electron chi connectivity index (χ0n) is 11.7. The van der Waals surface area contributed by atoms with E-state index in [0.717, 1.165) is 5.56 Å². The number of rotatable bonds is 4. The molecule has 0 fully saturated rings. The third-order valence-corrected chi connectivity index (χ3v) is 4.51. The highest BCUT2D eigenvalue weighted by molar-refractivity contribution is 7.92. The molecule has 2 aromatic rings. The SMILES string of the molecule is COc1ccc(NS(=O)(=O)c2c(C)noc2C)cc1C. The van der Waals surface area contributed by atoms with Gasteiger partial charge in [0.15, 0.2) is 10.7 Å². The third-order valence-electron chi connectivity index (χ3n) is 2.88. The van der Waals surface area contributed by atoms with E-state index < -0.39 is 10.0 Å². The van der Waals surface area contributed by atoms with Crippen LogP contribution < -0.4 is 9.46 Å². The number of nitrogens with one attached hydrogen (secondary N) is 1. The predicted octanol–water partition coefficient (Wildman–Crippen LogP) is 2.41. The van der Waals surface area contributed by atoms with Crippen LogP contribution in [-0.2, 0) is 10.0 Å². The molecule has 0 radical (unpaired) electrons. The van der Waals surface area contributed by atoms with Crippen LogP contribution in [0.3, 0.4) is 0 Å². The highest BCUT2D eigenvalue weighted by Crippen LogP contribution is 2.25. The van der Waals surface area contributed by atoms with Gasteiger partial charge in [0.1, 0.15) is 11.4 Å². The molecule has 7 heteroatoms. The van der Waals surface area contributed by atoms with Crippen LogP contribution in [0.25, 0.3) is 0 Å². The third kappa shape index (κ3) is 2.62. The Morgan fingerprint density at radius 2 is 1.95 bits per heavy atom. The van der Waals surface area contributed by atoms with Crippen molar-refractivity contribution in [2.24, 2.45) is 0 Å². The van der Waals surface area contributed by atoms with Crippen LogP contribution in [0.2, 0.25) is 0 Å². The maximum absolute atomic E-state index is 12.3. The summed E-state index contributed by atoms with van der Waals surface area (Å²) in [7, 11) is -2.15. The Hall–Kier alpha value is -2.02. The molecule has 0 aliphatic rings. The van der Waals surface area contributed by atoms with E-state index in [1.165, 1.54) is 0 Å². The molecule has 2 rings (SSSR count). The lowest BCUT2D eigenvalue weighted by Gasteiger charge is -2.10. The highest BCUT2D eigenvalue weighted by atomic mass is 32.2. The van der Waals surface area contributed by atoms with Crippen LogP contribution in [0.15, 0.2) is 27.6 Å². The van der Waals surface area contributed by atoms with Crippen molar-refractivity contribution >= 4 is 15.7 Å². The van der Waals surface area contributed by atoms with Gasteiger partial charge in [-0.3, -0.25) is 4.72 Å². The van der Waals surface area contributed by atoms with Crippen LogP contribution in [-0.4, -0.2) is 20.7 Å². The van der Waals surface area contributed by atoms with Gasteiger partial charge in [-0.25, -0.2) is 8.42 Å². The van der Waals surface area contributed by atoms with E-state index in [1.807, 2.05) is 6.92 Å². The van der Waals surface area contributed by atoms with Crippen LogP contribution in [0, 0.1) is 20.8 Å². The molecule has 6 nitrogen and oxygen atoms in total. The first-order valence-corrected chi connectivity index (χ1v) is 7.44. The number of hydrogen-bond donors (Lipinski definition) is 1. The van der Waals surface area contributed by atoms with Crippen molar-refractivity contribution in [3.8, 4) is 5.75 Å². The van der Waals surface area contributed by atoms with E-state index >= 15 is 0 Å². The van der Waals surface area contributed by atoms with Crippen LogP contribution in [0.5, 0.6) is 5.75 Å². The summed E-state index contributed by atoms with van der Waals surface area (Å²) in [4.78, 5) is 0.0750. The van der Waals surface area contributed by atoms with Crippen molar-refractivity contribution in [2.45, 2.75) is 25.7 Å². The zero-order chi connectivity index (χ0) is 14.9. The van der Waals surface area contributed by atoms with E-state index in [-0.39, 0.29) is 10.7 Å². The summed E-state index contributed by atoms with van der Waals surface area (Å²) in [6.45, 7) is 4.99. The number of anilines is 1. The Balaban J connectivity index is 2.36. The van der Waals surface area contributed by atoms with Crippen molar-refractivity contribution in [2.75, 3.05) is 11.8 Å². The molecule has 0 aliphatic heterocycles. The Bertz CT molecular complexity index is 715. The molecule has 108 valence electrons. The van der Waals surface area contributed by atoms with Crippen molar-refractivity contribution in [1.29, 1.82) is 0 Å². The summed E-state index contributed by atoms with van der Waals surface area (Å²) < 4.78 is 37.2. The second-order valence-electron chi connectivity index (χ2n) is 4.44. The zero-order valence-corrected chi connectivity index (χ0v) is 12.5. The number of aromatic nitrogens is 1. The minimum Gasteiger partial charge on any atom is -0.496 e. The fraction of sp³-hybridized carbons (Fsp3) is 0.308. The fourth-order valence-corrected chi connectivity index (χ4v) is 3.39. The molecule has 20 heavy (non-hydrogen) atoms. The summed E-state index contributed by atoms with van der Waals surface area (Å²) in [6.07, 6.45) is 0. The maximum atomic E-state index is 12.3. The number of ether oxygens (including phenoxy) is 1. The average molecular weight is 296 g/mol. The van der Waals surface area contributed by atoms with Gasteiger partial charge < -0.3 is 9.26 Å². The largest absolute Gasteiger partial charge is 0.496 e. The van der Waals surface area contributed by atoms with Gasteiger partial charge in [0.2, 0.25) is 0 Å². The number of hydrogen-bond acceptors (Lipinski definition) is 5. The molecule has 1 heterocycles. The molecule has 1 aromatic heterocycles. The van der Waals surface area contributed by atoms with Crippen LogP contribution in [0.4, 0.5) is 5.69 Å². The smallest absolute Gasteiger partial charge is 0.267 e. The topological polar surface area (TPSA) is 81.4 Å². The average Bonchev–Trinajstić information content (AvgIpc) is 2.69. The summed E-state index contributed by atoms with van der Waals surface area (Å²) in [6, 6.07) is 5.05. The molecule has 0 aliphatic carbocycles. The molecule has 0 bridgehead atoms. The van der Waals surface area contributed by atoms with Gasteiger partial charge in [-0.2, -0.15) is 0 Å². The molecule has 0 spiro atoms. The molecular formula is C13H16N2O4S. The first-order valence-electron chi connectivity index (χ1n) is 5.95. The Labute approximate surface area is 117 Å². The summed E-state index contributed by atoms with van der Waals surface area (Å²) in [5.41, 5.74) is 1.63. The highest BCUT2D eigenvalue weighted by Gasteiger charge is 2.24. The Morgan fingerprint density at radius 1 is 1.25 bits per heavy atom. The fourth-order valence-electron chi connectivity index (χ4n) is 2.01. The second kappa shape index (κ2) is 5.16. The lowest BCUT2D eigenvalue weighted by molar-refractivity contribution is 0.390. The van der Waals surface area contributed by atoms with E-state index in [2.05, 4.69) is 9.88 Å². The van der Waals surface area contributed by atoms with Gasteiger partial charge >= 0.3 is 0 Å².